The third kappa shape index (κ3) is 6.30. The molecule has 1 rings (SSSR count). The number of hydrogen-bond donors (Lipinski definition) is 1. The topological polar surface area (TPSA) is 46.3 Å². The van der Waals surface area contributed by atoms with Gasteiger partial charge < -0.3 is 10.6 Å². The minimum atomic E-state index is 0.139. The van der Waals surface area contributed by atoms with Crippen molar-refractivity contribution in [1.82, 2.24) is 4.90 Å². The molecule has 0 radical (unpaired) electrons. The summed E-state index contributed by atoms with van der Waals surface area (Å²) in [5, 5.41) is 0. The molecule has 2 N–H and O–H groups in total. The SMILES string of the molecule is CC(C)CCN(CCC(C)C)C(=O)c1ccc(CN)cc1. The summed E-state index contributed by atoms with van der Waals surface area (Å²) in [6.45, 7) is 11.0. The number of benzene rings is 1. The number of rotatable bonds is 8. The van der Waals surface area contributed by atoms with Crippen molar-refractivity contribution in [3.05, 3.63) is 35.4 Å². The number of amides is 1. The molecule has 3 nitrogen and oxygen atoms in total. The van der Waals surface area contributed by atoms with Crippen molar-refractivity contribution in [2.24, 2.45) is 17.6 Å². The Hall–Kier alpha value is -1.35. The van der Waals surface area contributed by atoms with Gasteiger partial charge in [-0.15, -0.1) is 0 Å². The van der Waals surface area contributed by atoms with Crippen LogP contribution in [0.4, 0.5) is 0 Å². The molecular weight excluding hydrogens is 260 g/mol. The molecule has 0 fully saturated rings. The second-order valence-corrected chi connectivity index (χ2v) is 6.56. The predicted molar refractivity (Wildman–Crippen MR) is 89.1 cm³/mol. The van der Waals surface area contributed by atoms with Crippen molar-refractivity contribution in [2.75, 3.05) is 13.1 Å². The molecule has 1 aromatic carbocycles. The van der Waals surface area contributed by atoms with E-state index >= 15 is 0 Å². The third-order valence-corrected chi connectivity index (χ3v) is 3.68. The van der Waals surface area contributed by atoms with Crippen molar-refractivity contribution >= 4 is 5.91 Å². The largest absolute Gasteiger partial charge is 0.339 e. The van der Waals surface area contributed by atoms with Crippen molar-refractivity contribution < 1.29 is 4.79 Å². The standard InChI is InChI=1S/C18H30N2O/c1-14(2)9-11-20(12-10-15(3)4)18(21)17-7-5-16(13-19)6-8-17/h5-8,14-15H,9-13,19H2,1-4H3. The monoisotopic (exact) mass is 290 g/mol. The minimum absolute atomic E-state index is 0.139. The summed E-state index contributed by atoms with van der Waals surface area (Å²) in [4.78, 5) is 14.7. The fourth-order valence-corrected chi connectivity index (χ4v) is 2.11. The van der Waals surface area contributed by atoms with Crippen molar-refractivity contribution in [3.8, 4) is 0 Å². The van der Waals surface area contributed by atoms with Gasteiger partial charge in [-0.1, -0.05) is 39.8 Å². The molecule has 0 aliphatic heterocycles. The van der Waals surface area contributed by atoms with Gasteiger partial charge in [-0.3, -0.25) is 4.79 Å². The molecule has 118 valence electrons. The zero-order valence-electron chi connectivity index (χ0n) is 13.9. The number of carbonyl (C=O) groups excluding carboxylic acids is 1. The second-order valence-electron chi connectivity index (χ2n) is 6.56. The average molecular weight is 290 g/mol. The normalized spacial score (nSPS) is 11.2. The Morgan fingerprint density at radius 2 is 1.48 bits per heavy atom. The molecule has 0 aromatic heterocycles. The maximum absolute atomic E-state index is 12.7. The van der Waals surface area contributed by atoms with E-state index in [9.17, 15) is 4.79 Å². The van der Waals surface area contributed by atoms with Crippen LogP contribution in [0.2, 0.25) is 0 Å². The molecule has 3 heteroatoms. The van der Waals surface area contributed by atoms with E-state index in [4.69, 9.17) is 5.73 Å². The summed E-state index contributed by atoms with van der Waals surface area (Å²) in [7, 11) is 0. The van der Waals surface area contributed by atoms with Crippen LogP contribution >= 0.6 is 0 Å². The van der Waals surface area contributed by atoms with Crippen LogP contribution in [0.1, 0.15) is 56.5 Å². The lowest BCUT2D eigenvalue weighted by Gasteiger charge is -2.24. The first-order valence-electron chi connectivity index (χ1n) is 8.02. The van der Waals surface area contributed by atoms with E-state index in [0.717, 1.165) is 37.1 Å². The molecule has 1 amide bonds. The van der Waals surface area contributed by atoms with Gasteiger partial charge in [0.2, 0.25) is 0 Å². The molecule has 0 aliphatic carbocycles. The summed E-state index contributed by atoms with van der Waals surface area (Å²) in [6.07, 6.45) is 2.09. The van der Waals surface area contributed by atoms with E-state index in [2.05, 4.69) is 27.7 Å². The first-order chi connectivity index (χ1) is 9.93. The lowest BCUT2D eigenvalue weighted by Crippen LogP contribution is -2.34. The summed E-state index contributed by atoms with van der Waals surface area (Å²) in [5.41, 5.74) is 7.42. The molecule has 0 heterocycles. The maximum atomic E-state index is 12.7. The second kappa shape index (κ2) is 8.83. The van der Waals surface area contributed by atoms with Crippen LogP contribution in [0.25, 0.3) is 0 Å². The quantitative estimate of drug-likeness (QED) is 0.794. The molecule has 0 aliphatic rings. The Bertz CT molecular complexity index is 411. The molecular formula is C18H30N2O. The molecule has 1 aromatic rings. The number of nitrogens with two attached hydrogens (primary N) is 1. The van der Waals surface area contributed by atoms with E-state index in [1.165, 1.54) is 0 Å². The zero-order chi connectivity index (χ0) is 15.8. The Morgan fingerprint density at radius 1 is 1.00 bits per heavy atom. The summed E-state index contributed by atoms with van der Waals surface area (Å²) in [5.74, 6) is 1.36. The van der Waals surface area contributed by atoms with Crippen LogP contribution in [0.3, 0.4) is 0 Å². The Morgan fingerprint density at radius 3 is 1.86 bits per heavy atom. The predicted octanol–water partition coefficient (Wildman–Crippen LogP) is 3.68. The molecule has 0 atom stereocenters. The fourth-order valence-electron chi connectivity index (χ4n) is 2.11. The van der Waals surface area contributed by atoms with Crippen LogP contribution in [-0.4, -0.2) is 23.9 Å². The maximum Gasteiger partial charge on any atom is 0.253 e. The molecule has 0 unspecified atom stereocenters. The first-order valence-corrected chi connectivity index (χ1v) is 8.02. The summed E-state index contributed by atoms with van der Waals surface area (Å²) >= 11 is 0. The molecule has 0 bridgehead atoms. The van der Waals surface area contributed by atoms with Crippen LogP contribution in [-0.2, 0) is 6.54 Å². The number of nitrogens with zero attached hydrogens (tertiary/aromatic N) is 1. The van der Waals surface area contributed by atoms with Crippen LogP contribution in [0, 0.1) is 11.8 Å². The van der Waals surface area contributed by atoms with E-state index in [1.54, 1.807) is 0 Å². The highest BCUT2D eigenvalue weighted by molar-refractivity contribution is 5.94. The Balaban J connectivity index is 2.75. The molecule has 0 spiro atoms. The van der Waals surface area contributed by atoms with Gasteiger partial charge in [-0.2, -0.15) is 0 Å². The molecule has 0 saturated heterocycles. The number of carbonyl (C=O) groups is 1. The van der Waals surface area contributed by atoms with Crippen molar-refractivity contribution in [3.63, 3.8) is 0 Å². The third-order valence-electron chi connectivity index (χ3n) is 3.68. The van der Waals surface area contributed by atoms with E-state index < -0.39 is 0 Å². The minimum Gasteiger partial charge on any atom is -0.339 e. The number of hydrogen-bond acceptors (Lipinski definition) is 2. The van der Waals surface area contributed by atoms with E-state index in [1.807, 2.05) is 29.2 Å². The van der Waals surface area contributed by atoms with Gasteiger partial charge in [0.1, 0.15) is 0 Å². The molecule has 21 heavy (non-hydrogen) atoms. The van der Waals surface area contributed by atoms with Crippen LogP contribution in [0.5, 0.6) is 0 Å². The van der Waals surface area contributed by atoms with Gasteiger partial charge in [0.05, 0.1) is 0 Å². The van der Waals surface area contributed by atoms with Crippen LogP contribution < -0.4 is 5.73 Å². The highest BCUT2D eigenvalue weighted by atomic mass is 16.2. The fraction of sp³-hybridized carbons (Fsp3) is 0.611. The van der Waals surface area contributed by atoms with Gasteiger partial charge in [-0.05, 0) is 42.4 Å². The lowest BCUT2D eigenvalue weighted by molar-refractivity contribution is 0.0741. The van der Waals surface area contributed by atoms with Gasteiger partial charge >= 0.3 is 0 Å². The van der Waals surface area contributed by atoms with Crippen molar-refractivity contribution in [2.45, 2.75) is 47.1 Å². The Labute approximate surface area is 129 Å². The van der Waals surface area contributed by atoms with E-state index in [0.29, 0.717) is 18.4 Å². The van der Waals surface area contributed by atoms with E-state index in [-0.39, 0.29) is 5.91 Å². The van der Waals surface area contributed by atoms with Gasteiger partial charge in [0.25, 0.3) is 5.91 Å². The summed E-state index contributed by atoms with van der Waals surface area (Å²) in [6, 6.07) is 7.66. The zero-order valence-corrected chi connectivity index (χ0v) is 13.9. The smallest absolute Gasteiger partial charge is 0.253 e. The lowest BCUT2D eigenvalue weighted by atomic mass is 10.1. The van der Waals surface area contributed by atoms with Gasteiger partial charge in [0, 0.05) is 25.2 Å². The first kappa shape index (κ1) is 17.7. The highest BCUT2D eigenvalue weighted by Gasteiger charge is 2.16. The average Bonchev–Trinajstić information content (AvgIpc) is 2.46. The Kier molecular flexibility index (Phi) is 7.44. The highest BCUT2D eigenvalue weighted by Crippen LogP contribution is 2.12. The van der Waals surface area contributed by atoms with Gasteiger partial charge in [0.15, 0.2) is 0 Å². The summed E-state index contributed by atoms with van der Waals surface area (Å²) < 4.78 is 0. The molecule has 0 saturated carbocycles. The van der Waals surface area contributed by atoms with Crippen molar-refractivity contribution in [1.29, 1.82) is 0 Å². The van der Waals surface area contributed by atoms with Crippen LogP contribution in [0.15, 0.2) is 24.3 Å². The van der Waals surface area contributed by atoms with Gasteiger partial charge in [-0.25, -0.2) is 0 Å².